The van der Waals surface area contributed by atoms with Gasteiger partial charge in [-0.1, -0.05) is 112 Å². The first-order valence-electron chi connectivity index (χ1n) is 15.9. The van der Waals surface area contributed by atoms with Gasteiger partial charge in [0, 0.05) is 23.5 Å². The molecule has 0 unspecified atom stereocenters. The van der Waals surface area contributed by atoms with Crippen LogP contribution in [0.3, 0.4) is 0 Å². The molecule has 5 rings (SSSR count). The number of carbonyl (C=O) groups excluding carboxylic acids is 2. The Bertz CT molecular complexity index is 1820. The molecule has 0 heterocycles. The van der Waals surface area contributed by atoms with Crippen molar-refractivity contribution in [3.8, 4) is 0 Å². The van der Waals surface area contributed by atoms with Crippen molar-refractivity contribution in [3.63, 3.8) is 0 Å². The number of hydrogen-bond donors (Lipinski definition) is 1. The summed E-state index contributed by atoms with van der Waals surface area (Å²) in [6.07, 6.45) is 5.16. The van der Waals surface area contributed by atoms with E-state index in [-0.39, 0.29) is 29.8 Å². The molecule has 2 amide bonds. The van der Waals surface area contributed by atoms with E-state index in [4.69, 9.17) is 23.2 Å². The number of anilines is 1. The summed E-state index contributed by atoms with van der Waals surface area (Å²) >= 11 is 16.0. The van der Waals surface area contributed by atoms with Gasteiger partial charge in [-0.25, -0.2) is 8.42 Å². The summed E-state index contributed by atoms with van der Waals surface area (Å²) in [6, 6.07) is 26.9. The largest absolute Gasteiger partial charge is 0.352 e. The van der Waals surface area contributed by atoms with Crippen LogP contribution in [0.5, 0.6) is 0 Å². The fraction of sp³-hybridized carbons (Fsp3) is 0.297. The second-order valence-electron chi connectivity index (χ2n) is 12.1. The van der Waals surface area contributed by atoms with Crippen molar-refractivity contribution in [1.82, 2.24) is 10.2 Å². The highest BCUT2D eigenvalue weighted by Gasteiger charge is 2.35. The van der Waals surface area contributed by atoms with E-state index in [1.165, 1.54) is 17.0 Å². The van der Waals surface area contributed by atoms with E-state index in [2.05, 4.69) is 21.2 Å². The molecule has 4 aromatic carbocycles. The third-order valence-electron chi connectivity index (χ3n) is 8.56. The predicted octanol–water partition coefficient (Wildman–Crippen LogP) is 8.35. The first kappa shape index (κ1) is 35.9. The zero-order valence-corrected chi connectivity index (χ0v) is 30.5. The summed E-state index contributed by atoms with van der Waals surface area (Å²) in [4.78, 5) is 30.4. The number of aryl methyl sites for hydroxylation is 1. The smallest absolute Gasteiger partial charge is 0.264 e. The standard InChI is InChI=1S/C37H38BrCl2N3O4S/c1-26-12-19-32(20-13-26)48(46,47)43(31-17-15-29(38)16-18-31)25-36(44)42(24-28-14-21-33(39)34(40)22-28)35(23-27-8-4-2-5-9-27)37(45)41-30-10-6-3-7-11-30/h2,4-5,8-9,12-22,30,35H,3,6-7,10-11,23-25H2,1H3,(H,41,45)/t35-/m0/s1. The van der Waals surface area contributed by atoms with Crippen molar-refractivity contribution >= 4 is 66.7 Å². The van der Waals surface area contributed by atoms with Gasteiger partial charge in [0.15, 0.2) is 0 Å². The molecule has 1 saturated carbocycles. The number of carbonyl (C=O) groups is 2. The van der Waals surface area contributed by atoms with Gasteiger partial charge in [0.05, 0.1) is 20.6 Å². The summed E-state index contributed by atoms with van der Waals surface area (Å²) in [5.74, 6) is -0.824. The number of hydrogen-bond acceptors (Lipinski definition) is 4. The molecule has 48 heavy (non-hydrogen) atoms. The molecular weight excluding hydrogens is 733 g/mol. The molecule has 4 aromatic rings. The average Bonchev–Trinajstić information content (AvgIpc) is 3.08. The number of nitrogens with zero attached hydrogens (tertiary/aromatic N) is 2. The van der Waals surface area contributed by atoms with Gasteiger partial charge >= 0.3 is 0 Å². The number of sulfonamides is 1. The molecule has 252 valence electrons. The summed E-state index contributed by atoms with van der Waals surface area (Å²) in [6.45, 7) is 1.34. The van der Waals surface area contributed by atoms with Gasteiger partial charge in [-0.05, 0) is 79.4 Å². The van der Waals surface area contributed by atoms with E-state index in [1.807, 2.05) is 37.3 Å². The number of benzene rings is 4. The molecule has 0 aliphatic heterocycles. The normalized spacial score (nSPS) is 14.2. The zero-order chi connectivity index (χ0) is 34.3. The zero-order valence-electron chi connectivity index (χ0n) is 26.6. The average molecular weight is 772 g/mol. The molecule has 0 radical (unpaired) electrons. The fourth-order valence-electron chi connectivity index (χ4n) is 5.91. The Morgan fingerprint density at radius 2 is 1.52 bits per heavy atom. The minimum atomic E-state index is -4.19. The molecule has 1 aliphatic carbocycles. The molecule has 1 atom stereocenters. The van der Waals surface area contributed by atoms with Crippen LogP contribution < -0.4 is 9.62 Å². The van der Waals surface area contributed by atoms with Crippen LogP contribution >= 0.6 is 39.1 Å². The van der Waals surface area contributed by atoms with Crippen LogP contribution in [0, 0.1) is 6.92 Å². The highest BCUT2D eigenvalue weighted by molar-refractivity contribution is 9.10. The van der Waals surface area contributed by atoms with Gasteiger partial charge in [-0.2, -0.15) is 0 Å². The third-order valence-corrected chi connectivity index (χ3v) is 11.6. The third kappa shape index (κ3) is 9.20. The quantitative estimate of drug-likeness (QED) is 0.157. The Hall–Kier alpha value is -3.37. The van der Waals surface area contributed by atoms with Gasteiger partial charge < -0.3 is 10.2 Å². The lowest BCUT2D eigenvalue weighted by molar-refractivity contribution is -0.140. The fourth-order valence-corrected chi connectivity index (χ4v) is 7.91. The molecular formula is C37H38BrCl2N3O4S. The molecule has 0 aromatic heterocycles. The predicted molar refractivity (Wildman–Crippen MR) is 196 cm³/mol. The highest BCUT2D eigenvalue weighted by Crippen LogP contribution is 2.28. The second-order valence-corrected chi connectivity index (χ2v) is 15.7. The van der Waals surface area contributed by atoms with Crippen LogP contribution in [-0.4, -0.2) is 43.8 Å². The first-order chi connectivity index (χ1) is 23.0. The maximum absolute atomic E-state index is 14.7. The summed E-state index contributed by atoms with van der Waals surface area (Å²) in [5.41, 5.74) is 2.73. The Morgan fingerprint density at radius 3 is 2.17 bits per heavy atom. The maximum Gasteiger partial charge on any atom is 0.264 e. The van der Waals surface area contributed by atoms with Crippen molar-refractivity contribution in [1.29, 1.82) is 0 Å². The first-order valence-corrected chi connectivity index (χ1v) is 18.9. The Morgan fingerprint density at radius 1 is 0.854 bits per heavy atom. The molecule has 0 spiro atoms. The van der Waals surface area contributed by atoms with Crippen molar-refractivity contribution in [2.75, 3.05) is 10.8 Å². The van der Waals surface area contributed by atoms with Crippen LogP contribution in [0.2, 0.25) is 10.0 Å². The molecule has 1 N–H and O–H groups in total. The number of amides is 2. The van der Waals surface area contributed by atoms with Crippen LogP contribution in [0.4, 0.5) is 5.69 Å². The molecule has 7 nitrogen and oxygen atoms in total. The van der Waals surface area contributed by atoms with E-state index in [1.54, 1.807) is 54.6 Å². The molecule has 1 aliphatic rings. The van der Waals surface area contributed by atoms with E-state index in [0.29, 0.717) is 21.3 Å². The number of halogens is 3. The van der Waals surface area contributed by atoms with Gasteiger partial charge in [0.1, 0.15) is 12.6 Å². The SMILES string of the molecule is Cc1ccc(S(=O)(=O)N(CC(=O)N(Cc2ccc(Cl)c(Cl)c2)[C@@H](Cc2ccccc2)C(=O)NC2CCCCC2)c2ccc(Br)cc2)cc1. The molecule has 11 heteroatoms. The molecule has 0 saturated heterocycles. The lowest BCUT2D eigenvalue weighted by Gasteiger charge is -2.35. The van der Waals surface area contributed by atoms with Crippen molar-refractivity contribution in [3.05, 3.63) is 128 Å². The second kappa shape index (κ2) is 16.4. The van der Waals surface area contributed by atoms with Crippen molar-refractivity contribution in [2.45, 2.75) is 69.0 Å². The van der Waals surface area contributed by atoms with Gasteiger partial charge in [0.25, 0.3) is 10.0 Å². The Kier molecular flexibility index (Phi) is 12.2. The minimum Gasteiger partial charge on any atom is -0.352 e. The van der Waals surface area contributed by atoms with Crippen LogP contribution in [0.1, 0.15) is 48.8 Å². The van der Waals surface area contributed by atoms with E-state index in [0.717, 1.165) is 52.0 Å². The molecule has 0 bridgehead atoms. The summed E-state index contributed by atoms with van der Waals surface area (Å²) in [5, 5.41) is 3.89. The monoisotopic (exact) mass is 769 g/mol. The summed E-state index contributed by atoms with van der Waals surface area (Å²) < 4.78 is 30.3. The van der Waals surface area contributed by atoms with E-state index >= 15 is 0 Å². The van der Waals surface area contributed by atoms with Crippen molar-refractivity contribution in [2.24, 2.45) is 0 Å². The van der Waals surface area contributed by atoms with Crippen molar-refractivity contribution < 1.29 is 18.0 Å². The van der Waals surface area contributed by atoms with E-state index in [9.17, 15) is 18.0 Å². The van der Waals surface area contributed by atoms with Crippen LogP contribution in [0.15, 0.2) is 106 Å². The lowest BCUT2D eigenvalue weighted by Crippen LogP contribution is -2.55. The van der Waals surface area contributed by atoms with Crippen LogP contribution in [0.25, 0.3) is 0 Å². The Labute approximate surface area is 301 Å². The number of rotatable bonds is 12. The Balaban J connectivity index is 1.57. The van der Waals surface area contributed by atoms with Gasteiger partial charge in [0.2, 0.25) is 11.8 Å². The van der Waals surface area contributed by atoms with Gasteiger partial charge in [-0.3, -0.25) is 13.9 Å². The highest BCUT2D eigenvalue weighted by atomic mass is 79.9. The molecule has 1 fully saturated rings. The van der Waals surface area contributed by atoms with Gasteiger partial charge in [-0.15, -0.1) is 0 Å². The number of nitrogens with one attached hydrogen (secondary N) is 1. The lowest BCUT2D eigenvalue weighted by atomic mass is 9.94. The summed E-state index contributed by atoms with van der Waals surface area (Å²) in [7, 11) is -4.19. The topological polar surface area (TPSA) is 86.8 Å². The minimum absolute atomic E-state index is 0.00403. The van der Waals surface area contributed by atoms with Crippen LogP contribution in [-0.2, 0) is 32.6 Å². The maximum atomic E-state index is 14.7. The van der Waals surface area contributed by atoms with E-state index < -0.39 is 28.5 Å².